The number of allylic oxidation sites excluding steroid dienone is 5. The lowest BCUT2D eigenvalue weighted by molar-refractivity contribution is -0.143. The molecule has 0 saturated carbocycles. The Bertz CT molecular complexity index is 1180. The zero-order chi connectivity index (χ0) is 52.9. The molecule has 2 atom stereocenters. The van der Waals surface area contributed by atoms with Crippen molar-refractivity contribution in [1.29, 1.82) is 0 Å². The highest BCUT2D eigenvalue weighted by molar-refractivity contribution is 5.76. The van der Waals surface area contributed by atoms with E-state index in [9.17, 15) is 19.8 Å². The topological polar surface area (TPSA) is 95.9 Å². The van der Waals surface area contributed by atoms with Gasteiger partial charge in [-0.05, 0) is 64.2 Å². The summed E-state index contributed by atoms with van der Waals surface area (Å²) in [6.07, 6.45) is 79.2. The highest BCUT2D eigenvalue weighted by Gasteiger charge is 2.18. The average Bonchev–Trinajstić information content (AvgIpc) is 3.39. The number of nitrogens with one attached hydrogen (secondary N) is 1. The first-order valence-electron chi connectivity index (χ1n) is 32.8. The van der Waals surface area contributed by atoms with Crippen LogP contribution in [0.15, 0.2) is 36.5 Å². The van der Waals surface area contributed by atoms with Gasteiger partial charge in [0.2, 0.25) is 5.91 Å². The lowest BCUT2D eigenvalue weighted by Crippen LogP contribution is -2.45. The molecule has 0 radical (unpaired) electrons. The molecule has 6 nitrogen and oxygen atoms in total. The highest BCUT2D eigenvalue weighted by atomic mass is 16.5. The second-order valence-electron chi connectivity index (χ2n) is 22.5. The summed E-state index contributed by atoms with van der Waals surface area (Å²) < 4.78 is 5.48. The van der Waals surface area contributed by atoms with Crippen molar-refractivity contribution in [2.75, 3.05) is 13.2 Å². The maximum absolute atomic E-state index is 12.5. The van der Waals surface area contributed by atoms with Crippen LogP contribution in [0.25, 0.3) is 0 Å². The first-order valence-corrected chi connectivity index (χ1v) is 32.8. The molecule has 1 amide bonds. The maximum atomic E-state index is 12.5. The Morgan fingerprint density at radius 1 is 0.384 bits per heavy atom. The van der Waals surface area contributed by atoms with Crippen molar-refractivity contribution in [3.8, 4) is 0 Å². The zero-order valence-corrected chi connectivity index (χ0v) is 49.1. The first kappa shape index (κ1) is 71.1. The van der Waals surface area contributed by atoms with Crippen molar-refractivity contribution >= 4 is 11.9 Å². The van der Waals surface area contributed by atoms with Crippen LogP contribution in [0, 0.1) is 0 Å². The maximum Gasteiger partial charge on any atom is 0.305 e. The van der Waals surface area contributed by atoms with Crippen LogP contribution in [-0.2, 0) is 14.3 Å². The van der Waals surface area contributed by atoms with Gasteiger partial charge in [0.15, 0.2) is 0 Å². The van der Waals surface area contributed by atoms with Gasteiger partial charge in [0.25, 0.3) is 0 Å². The third kappa shape index (κ3) is 59.2. The summed E-state index contributed by atoms with van der Waals surface area (Å²) in [5.74, 6) is -0.0545. The number of aliphatic hydroxyl groups is 2. The predicted octanol–water partition coefficient (Wildman–Crippen LogP) is 20.8. The molecule has 0 rings (SSSR count). The minimum Gasteiger partial charge on any atom is -0.466 e. The van der Waals surface area contributed by atoms with Crippen LogP contribution in [-0.4, -0.2) is 47.4 Å². The summed E-state index contributed by atoms with van der Waals surface area (Å²) in [6.45, 7) is 4.92. The number of ether oxygens (including phenoxy) is 1. The van der Waals surface area contributed by atoms with Crippen molar-refractivity contribution < 1.29 is 24.5 Å². The van der Waals surface area contributed by atoms with Crippen molar-refractivity contribution in [2.24, 2.45) is 0 Å². The van der Waals surface area contributed by atoms with Gasteiger partial charge in [0, 0.05) is 12.8 Å². The molecule has 0 aliphatic heterocycles. The monoisotopic (exact) mass is 1030 g/mol. The number of carbonyl (C=O) groups excluding carboxylic acids is 2. The molecule has 0 saturated heterocycles. The fraction of sp³-hybridized carbons (Fsp3) is 0.881. The molecule has 0 aliphatic rings. The van der Waals surface area contributed by atoms with Crippen molar-refractivity contribution in [3.05, 3.63) is 36.5 Å². The van der Waals surface area contributed by atoms with E-state index in [1.54, 1.807) is 6.08 Å². The van der Waals surface area contributed by atoms with E-state index >= 15 is 0 Å². The Hall–Kier alpha value is -1.92. The number of rotatable bonds is 61. The van der Waals surface area contributed by atoms with Gasteiger partial charge in [0.05, 0.1) is 25.4 Å². The normalized spacial score (nSPS) is 12.8. The smallest absolute Gasteiger partial charge is 0.305 e. The number of esters is 1. The van der Waals surface area contributed by atoms with Crippen LogP contribution in [0.5, 0.6) is 0 Å². The second-order valence-corrected chi connectivity index (χ2v) is 22.5. The Kier molecular flexibility index (Phi) is 61.0. The Morgan fingerprint density at radius 3 is 1.04 bits per heavy atom. The molecule has 2 unspecified atom stereocenters. The molecule has 0 spiro atoms. The number of hydrogen-bond donors (Lipinski definition) is 3. The molecule has 0 fully saturated rings. The van der Waals surface area contributed by atoms with Gasteiger partial charge >= 0.3 is 5.97 Å². The van der Waals surface area contributed by atoms with Crippen LogP contribution in [0.4, 0.5) is 0 Å². The molecule has 73 heavy (non-hydrogen) atoms. The Morgan fingerprint density at radius 2 is 0.685 bits per heavy atom. The van der Waals surface area contributed by atoms with Crippen LogP contribution in [0.3, 0.4) is 0 Å². The molecular weight excluding hydrogens is 899 g/mol. The first-order chi connectivity index (χ1) is 36.0. The predicted molar refractivity (Wildman–Crippen MR) is 319 cm³/mol. The lowest BCUT2D eigenvalue weighted by Gasteiger charge is -2.20. The van der Waals surface area contributed by atoms with Gasteiger partial charge < -0.3 is 20.3 Å². The Labute approximate surface area is 455 Å². The van der Waals surface area contributed by atoms with E-state index in [0.29, 0.717) is 19.4 Å². The second kappa shape index (κ2) is 62.6. The minimum absolute atomic E-state index is 0.0133. The number of unbranched alkanes of at least 4 members (excludes halogenated alkanes) is 46. The summed E-state index contributed by atoms with van der Waals surface area (Å²) in [5, 5.41) is 23.1. The van der Waals surface area contributed by atoms with E-state index in [1.807, 2.05) is 6.08 Å². The number of carbonyl (C=O) groups is 2. The largest absolute Gasteiger partial charge is 0.466 e. The third-order valence-electron chi connectivity index (χ3n) is 15.2. The van der Waals surface area contributed by atoms with E-state index in [1.165, 1.54) is 283 Å². The van der Waals surface area contributed by atoms with Crippen LogP contribution >= 0.6 is 0 Å². The molecule has 430 valence electrons. The minimum atomic E-state index is -0.845. The van der Waals surface area contributed by atoms with Gasteiger partial charge in [-0.2, -0.15) is 0 Å². The fourth-order valence-corrected chi connectivity index (χ4v) is 10.1. The average molecular weight is 1030 g/mol. The van der Waals surface area contributed by atoms with Gasteiger partial charge in [-0.3, -0.25) is 9.59 Å². The SMILES string of the molecule is CCCCCCCCCCCCCC/C=C/C(O)C(CO)NC(=O)CCCCCCCCCCCCCCC/C=C\C/C=C\CCCCCCCCCCCOC(=O)CCCCCCCCCCCCCCC. The van der Waals surface area contributed by atoms with Gasteiger partial charge in [-0.1, -0.05) is 314 Å². The number of hydrogen-bond acceptors (Lipinski definition) is 5. The van der Waals surface area contributed by atoms with Gasteiger partial charge in [-0.15, -0.1) is 0 Å². The number of aliphatic hydroxyl groups excluding tert-OH is 2. The number of amides is 1. The zero-order valence-electron chi connectivity index (χ0n) is 49.1. The molecular formula is C67H127NO5. The molecule has 0 aromatic heterocycles. The highest BCUT2D eigenvalue weighted by Crippen LogP contribution is 2.17. The fourth-order valence-electron chi connectivity index (χ4n) is 10.1. The van der Waals surface area contributed by atoms with E-state index < -0.39 is 12.1 Å². The summed E-state index contributed by atoms with van der Waals surface area (Å²) >= 11 is 0. The van der Waals surface area contributed by atoms with E-state index in [4.69, 9.17) is 4.74 Å². The van der Waals surface area contributed by atoms with E-state index in [2.05, 4.69) is 43.5 Å². The third-order valence-corrected chi connectivity index (χ3v) is 15.2. The van der Waals surface area contributed by atoms with Crippen molar-refractivity contribution in [3.63, 3.8) is 0 Å². The van der Waals surface area contributed by atoms with E-state index in [-0.39, 0.29) is 18.5 Å². The standard InChI is InChI=1S/C67H127NO5/c1-3-5-7-9-11-13-15-17-36-39-43-47-51-55-59-65(70)64(63-69)68-66(71)60-56-52-48-44-40-37-33-31-29-27-25-23-21-19-18-20-22-24-26-28-30-32-34-38-42-46-50-54-58-62-73-67(72)61-57-53-49-45-41-35-16-14-12-10-8-6-4-2/h18,20,24,26,55,59,64-65,69-70H,3-17,19,21-23,25,27-54,56-58,60-63H2,1-2H3,(H,68,71)/b20-18-,26-24-,59-55+. The summed E-state index contributed by atoms with van der Waals surface area (Å²) in [5.41, 5.74) is 0. The quantitative estimate of drug-likeness (QED) is 0.0320. The molecule has 0 aliphatic carbocycles. The summed E-state index contributed by atoms with van der Waals surface area (Å²) in [6, 6.07) is -0.628. The van der Waals surface area contributed by atoms with Crippen LogP contribution in [0.2, 0.25) is 0 Å². The summed E-state index contributed by atoms with van der Waals surface area (Å²) in [7, 11) is 0. The van der Waals surface area contributed by atoms with Crippen molar-refractivity contribution in [1.82, 2.24) is 5.32 Å². The van der Waals surface area contributed by atoms with Crippen LogP contribution < -0.4 is 5.32 Å². The van der Waals surface area contributed by atoms with Crippen molar-refractivity contribution in [2.45, 2.75) is 366 Å². The molecule has 0 heterocycles. The van der Waals surface area contributed by atoms with E-state index in [0.717, 1.165) is 44.9 Å². The molecule has 0 aromatic carbocycles. The molecule has 0 bridgehead atoms. The molecule has 3 N–H and O–H groups in total. The van der Waals surface area contributed by atoms with Crippen LogP contribution in [0.1, 0.15) is 354 Å². The Balaban J connectivity index is 3.41. The lowest BCUT2D eigenvalue weighted by atomic mass is 10.0. The summed E-state index contributed by atoms with van der Waals surface area (Å²) in [4.78, 5) is 24.5. The van der Waals surface area contributed by atoms with Gasteiger partial charge in [-0.25, -0.2) is 0 Å². The molecule has 6 heteroatoms. The molecule has 0 aromatic rings. The van der Waals surface area contributed by atoms with Gasteiger partial charge in [0.1, 0.15) is 0 Å².